The van der Waals surface area contributed by atoms with E-state index < -0.39 is 24.1 Å². The van der Waals surface area contributed by atoms with E-state index in [0.717, 1.165) is 5.57 Å². The zero-order valence-electron chi connectivity index (χ0n) is 20.4. The molecule has 3 aliphatic rings. The average Bonchev–Trinajstić information content (AvgIpc) is 2.84. The normalized spacial score (nSPS) is 26.7. The molecule has 3 amide bonds. The Balaban J connectivity index is 1.72. The van der Waals surface area contributed by atoms with E-state index in [1.165, 1.54) is 31.2 Å². The first-order valence-corrected chi connectivity index (χ1v) is 13.1. The Kier molecular flexibility index (Phi) is 8.27. The summed E-state index contributed by atoms with van der Waals surface area (Å²) in [4.78, 5) is 42.5. The van der Waals surface area contributed by atoms with Gasteiger partial charge in [0.15, 0.2) is 0 Å². The molecule has 36 heavy (non-hydrogen) atoms. The number of methoxy groups -OCH3 is 1. The Morgan fingerprint density at radius 2 is 2.06 bits per heavy atom. The maximum Gasteiger partial charge on any atom is 0.248 e. The fraction of sp³-hybridized carbons (Fsp3) is 0.480. The Morgan fingerprint density at radius 1 is 1.28 bits per heavy atom. The number of hydrogen-bond acceptors (Lipinski definition) is 6. The second-order valence-electron chi connectivity index (χ2n) is 9.24. The number of carbonyl (C=O) groups excluding carboxylic acids is 3. The Hall–Kier alpha value is -2.56. The monoisotopic (exact) mass is 536 g/mol. The van der Waals surface area contributed by atoms with Crippen LogP contribution >= 0.6 is 23.5 Å². The van der Waals surface area contributed by atoms with Crippen molar-refractivity contribution < 1.29 is 23.5 Å². The van der Waals surface area contributed by atoms with Crippen molar-refractivity contribution in [1.82, 2.24) is 19.4 Å². The predicted molar refractivity (Wildman–Crippen MR) is 136 cm³/mol. The number of fused-ring (bicyclic) bond motifs is 1. The van der Waals surface area contributed by atoms with Crippen LogP contribution in [0.1, 0.15) is 26.7 Å². The van der Waals surface area contributed by atoms with Crippen LogP contribution in [0.15, 0.2) is 46.9 Å². The number of rotatable bonds is 8. The smallest absolute Gasteiger partial charge is 0.248 e. The van der Waals surface area contributed by atoms with Gasteiger partial charge in [-0.1, -0.05) is 18.2 Å². The van der Waals surface area contributed by atoms with Gasteiger partial charge in [0.25, 0.3) is 0 Å². The molecule has 4 atom stereocenters. The van der Waals surface area contributed by atoms with Gasteiger partial charge in [-0.3, -0.25) is 14.4 Å². The van der Waals surface area contributed by atoms with Crippen molar-refractivity contribution in [3.05, 3.63) is 47.8 Å². The van der Waals surface area contributed by atoms with E-state index in [1.54, 1.807) is 15.9 Å². The number of benzene rings is 1. The SMILES string of the molecule is COc1ccc(F)cc1SN1CC(NC=O)C(=O)N2C(CC3=CCC(Cl)C=C3)C(=O)N(C(C)C)CC12. The van der Waals surface area contributed by atoms with E-state index in [-0.39, 0.29) is 36.3 Å². The highest BCUT2D eigenvalue weighted by Crippen LogP contribution is 2.39. The third kappa shape index (κ3) is 5.40. The van der Waals surface area contributed by atoms with E-state index in [4.69, 9.17) is 16.3 Å². The minimum Gasteiger partial charge on any atom is -0.496 e. The van der Waals surface area contributed by atoms with Crippen molar-refractivity contribution in [3.8, 4) is 5.75 Å². The highest BCUT2D eigenvalue weighted by molar-refractivity contribution is 7.97. The lowest BCUT2D eigenvalue weighted by Gasteiger charge is -2.54. The van der Waals surface area contributed by atoms with Gasteiger partial charge in [-0.25, -0.2) is 8.70 Å². The molecule has 1 aliphatic carbocycles. The van der Waals surface area contributed by atoms with Crippen LogP contribution in [0.25, 0.3) is 0 Å². The van der Waals surface area contributed by atoms with Gasteiger partial charge in [-0.15, -0.1) is 11.6 Å². The van der Waals surface area contributed by atoms with Crippen LogP contribution in [0, 0.1) is 5.82 Å². The van der Waals surface area contributed by atoms with Gasteiger partial charge >= 0.3 is 0 Å². The Morgan fingerprint density at radius 3 is 2.69 bits per heavy atom. The predicted octanol–water partition coefficient (Wildman–Crippen LogP) is 2.93. The minimum atomic E-state index is -0.852. The summed E-state index contributed by atoms with van der Waals surface area (Å²) in [6.45, 7) is 4.36. The number of nitrogens with one attached hydrogen (secondary N) is 1. The summed E-state index contributed by atoms with van der Waals surface area (Å²) >= 11 is 7.42. The van der Waals surface area contributed by atoms with Crippen LogP contribution in [-0.4, -0.2) is 82.2 Å². The Bertz CT molecular complexity index is 1080. The second-order valence-corrected chi connectivity index (χ2v) is 10.9. The molecular weight excluding hydrogens is 507 g/mol. The minimum absolute atomic E-state index is 0.0817. The molecule has 0 radical (unpaired) electrons. The second kappa shape index (κ2) is 11.2. The van der Waals surface area contributed by atoms with Gasteiger partial charge in [0.1, 0.15) is 29.8 Å². The first-order chi connectivity index (χ1) is 17.2. The van der Waals surface area contributed by atoms with E-state index in [2.05, 4.69) is 5.32 Å². The maximum atomic E-state index is 14.1. The van der Waals surface area contributed by atoms with Crippen LogP contribution < -0.4 is 10.1 Å². The molecule has 1 aromatic carbocycles. The van der Waals surface area contributed by atoms with Crippen LogP contribution in [0.3, 0.4) is 0 Å². The lowest BCUT2D eigenvalue weighted by molar-refractivity contribution is -0.168. The molecule has 2 saturated heterocycles. The number of piperazine rings is 1. The summed E-state index contributed by atoms with van der Waals surface area (Å²) in [5.74, 6) is -0.383. The molecule has 0 spiro atoms. The first kappa shape index (κ1) is 26.5. The molecule has 0 aromatic heterocycles. The Labute approximate surface area is 219 Å². The van der Waals surface area contributed by atoms with Gasteiger partial charge in [-0.2, -0.15) is 0 Å². The van der Waals surface area contributed by atoms with Crippen molar-refractivity contribution in [2.24, 2.45) is 0 Å². The summed E-state index contributed by atoms with van der Waals surface area (Å²) in [6, 6.07) is 2.55. The third-order valence-electron chi connectivity index (χ3n) is 6.62. The molecule has 0 saturated carbocycles. The number of allylic oxidation sites excluding steroid dienone is 3. The lowest BCUT2D eigenvalue weighted by atomic mass is 9.94. The number of nitrogens with zero attached hydrogens (tertiary/aromatic N) is 3. The van der Waals surface area contributed by atoms with Crippen LogP contribution in [-0.2, 0) is 14.4 Å². The van der Waals surface area contributed by atoms with Gasteiger partial charge < -0.3 is 19.9 Å². The highest BCUT2D eigenvalue weighted by Gasteiger charge is 2.51. The van der Waals surface area contributed by atoms with Gasteiger partial charge in [0, 0.05) is 19.0 Å². The number of alkyl halides is 1. The van der Waals surface area contributed by atoms with Gasteiger partial charge in [-0.05, 0) is 56.0 Å². The summed E-state index contributed by atoms with van der Waals surface area (Å²) < 4.78 is 21.5. The molecule has 1 aromatic rings. The maximum absolute atomic E-state index is 14.1. The fourth-order valence-corrected chi connectivity index (χ4v) is 6.11. The van der Waals surface area contributed by atoms with E-state index in [9.17, 15) is 18.8 Å². The van der Waals surface area contributed by atoms with Crippen LogP contribution in [0.2, 0.25) is 0 Å². The van der Waals surface area contributed by atoms with Gasteiger partial charge in [0.2, 0.25) is 18.2 Å². The van der Waals surface area contributed by atoms with Crippen molar-refractivity contribution in [1.29, 1.82) is 0 Å². The highest BCUT2D eigenvalue weighted by atomic mass is 35.5. The molecule has 1 N–H and O–H groups in total. The molecule has 11 heteroatoms. The standard InChI is InChI=1S/C25H30ClFN4O4S/c1-15(2)29-13-23-30(36-22-11-18(27)8-9-21(22)35-3)12-19(28-14-32)24(33)31(23)20(25(29)34)10-16-4-6-17(26)7-5-16/h4-6,8-9,11,14-15,17,19-20,23H,7,10,12-13H2,1-3H3,(H,28,32). The summed E-state index contributed by atoms with van der Waals surface area (Å²) in [5.41, 5.74) is 0.930. The summed E-state index contributed by atoms with van der Waals surface area (Å²) in [5, 5.41) is 2.50. The third-order valence-corrected chi connectivity index (χ3v) is 8.09. The molecule has 0 bridgehead atoms. The van der Waals surface area contributed by atoms with Crippen molar-refractivity contribution in [2.45, 2.75) is 61.3 Å². The quantitative estimate of drug-likeness (QED) is 0.312. The lowest BCUT2D eigenvalue weighted by Crippen LogP contribution is -2.74. The fourth-order valence-electron chi connectivity index (χ4n) is 4.78. The topological polar surface area (TPSA) is 82.2 Å². The van der Waals surface area contributed by atoms with Crippen molar-refractivity contribution in [2.75, 3.05) is 20.2 Å². The molecule has 2 fully saturated rings. The van der Waals surface area contributed by atoms with Crippen molar-refractivity contribution in [3.63, 3.8) is 0 Å². The van der Waals surface area contributed by atoms with E-state index in [1.807, 2.05) is 36.4 Å². The number of amides is 3. The summed E-state index contributed by atoms with van der Waals surface area (Å²) in [7, 11) is 1.51. The molecule has 2 aliphatic heterocycles. The number of hydrogen-bond donors (Lipinski definition) is 1. The van der Waals surface area contributed by atoms with Crippen LogP contribution in [0.5, 0.6) is 5.75 Å². The number of ether oxygens (including phenoxy) is 1. The molecular formula is C25H30ClFN4O4S. The zero-order chi connectivity index (χ0) is 26.0. The van der Waals surface area contributed by atoms with E-state index in [0.29, 0.717) is 29.9 Å². The average molecular weight is 537 g/mol. The largest absolute Gasteiger partial charge is 0.496 e. The number of carbonyl (C=O) groups is 3. The van der Waals surface area contributed by atoms with Crippen molar-refractivity contribution >= 4 is 41.8 Å². The molecule has 194 valence electrons. The van der Waals surface area contributed by atoms with E-state index >= 15 is 0 Å². The molecule has 8 nitrogen and oxygen atoms in total. The van der Waals surface area contributed by atoms with Gasteiger partial charge in [0.05, 0.1) is 23.9 Å². The van der Waals surface area contributed by atoms with Crippen LogP contribution in [0.4, 0.5) is 4.39 Å². The first-order valence-electron chi connectivity index (χ1n) is 11.8. The molecule has 4 rings (SSSR count). The summed E-state index contributed by atoms with van der Waals surface area (Å²) in [6.07, 6.45) is 6.76. The molecule has 4 unspecified atom stereocenters. The zero-order valence-corrected chi connectivity index (χ0v) is 22.0. The number of halogens is 2. The molecule has 2 heterocycles.